The molecule has 1 aliphatic heterocycles. The monoisotopic (exact) mass is 352 g/mol. The first-order valence-electron chi connectivity index (χ1n) is 9.36. The number of anilines is 1. The van der Waals surface area contributed by atoms with Gasteiger partial charge in [0, 0.05) is 12.7 Å². The maximum atomic E-state index is 12.9. The van der Waals surface area contributed by atoms with Crippen molar-refractivity contribution in [3.63, 3.8) is 0 Å². The molecule has 4 nitrogen and oxygen atoms in total. The zero-order valence-corrected chi connectivity index (χ0v) is 16.1. The van der Waals surface area contributed by atoms with Crippen molar-refractivity contribution in [2.75, 3.05) is 19.0 Å². The lowest BCUT2D eigenvalue weighted by Gasteiger charge is -2.46. The number of amides is 1. The third-order valence-electron chi connectivity index (χ3n) is 5.18. The summed E-state index contributed by atoms with van der Waals surface area (Å²) in [6.45, 7) is 7.20. The second-order valence-corrected chi connectivity index (χ2v) is 7.30. The van der Waals surface area contributed by atoms with Crippen molar-refractivity contribution >= 4 is 11.6 Å². The van der Waals surface area contributed by atoms with Crippen molar-refractivity contribution in [3.8, 4) is 5.75 Å². The Bertz CT molecular complexity index is 770. The zero-order chi connectivity index (χ0) is 18.7. The van der Waals surface area contributed by atoms with Gasteiger partial charge in [0.05, 0.1) is 12.2 Å². The summed E-state index contributed by atoms with van der Waals surface area (Å²) in [4.78, 5) is 14.7. The average Bonchev–Trinajstić information content (AvgIpc) is 2.65. The number of nitrogens with one attached hydrogen (secondary N) is 1. The van der Waals surface area contributed by atoms with Gasteiger partial charge in [0.2, 0.25) is 0 Å². The maximum absolute atomic E-state index is 12.9. The van der Waals surface area contributed by atoms with Gasteiger partial charge in [-0.05, 0) is 48.6 Å². The minimum Gasteiger partial charge on any atom is -0.494 e. The minimum atomic E-state index is -0.554. The largest absolute Gasteiger partial charge is 0.494 e. The van der Waals surface area contributed by atoms with Gasteiger partial charge in [-0.15, -0.1) is 0 Å². The maximum Gasteiger partial charge on any atom is 0.257 e. The smallest absolute Gasteiger partial charge is 0.257 e. The number of nitrogens with zero attached hydrogens (tertiary/aromatic N) is 1. The fourth-order valence-electron chi connectivity index (χ4n) is 3.47. The van der Waals surface area contributed by atoms with Gasteiger partial charge in [-0.3, -0.25) is 4.79 Å². The molecule has 1 unspecified atom stereocenters. The summed E-state index contributed by atoms with van der Waals surface area (Å²) >= 11 is 0. The highest BCUT2D eigenvalue weighted by Gasteiger charge is 2.42. The Morgan fingerprint density at radius 2 is 1.81 bits per heavy atom. The summed E-state index contributed by atoms with van der Waals surface area (Å²) in [6, 6.07) is 15.8. The Morgan fingerprint density at radius 1 is 1.12 bits per heavy atom. The van der Waals surface area contributed by atoms with E-state index in [-0.39, 0.29) is 5.91 Å². The topological polar surface area (TPSA) is 41.6 Å². The molecule has 138 valence electrons. The molecule has 0 spiro atoms. The van der Waals surface area contributed by atoms with Gasteiger partial charge < -0.3 is 15.0 Å². The predicted octanol–water partition coefficient (Wildman–Crippen LogP) is 4.87. The van der Waals surface area contributed by atoms with Gasteiger partial charge in [-0.2, -0.15) is 0 Å². The van der Waals surface area contributed by atoms with Crippen molar-refractivity contribution in [2.24, 2.45) is 5.92 Å². The molecular weight excluding hydrogens is 324 g/mol. The molecule has 0 fully saturated rings. The summed E-state index contributed by atoms with van der Waals surface area (Å²) < 4.78 is 5.83. The van der Waals surface area contributed by atoms with E-state index in [0.717, 1.165) is 36.4 Å². The number of hydrogen-bond donors (Lipinski definition) is 1. The van der Waals surface area contributed by atoms with E-state index >= 15 is 0 Å². The molecule has 2 aromatic carbocycles. The molecule has 0 aromatic heterocycles. The summed E-state index contributed by atoms with van der Waals surface area (Å²) in [6.07, 6.45) is 1.80. The summed E-state index contributed by atoms with van der Waals surface area (Å²) in [5, 5.41) is 3.60. The van der Waals surface area contributed by atoms with Gasteiger partial charge in [0.1, 0.15) is 11.4 Å². The summed E-state index contributed by atoms with van der Waals surface area (Å²) in [5.41, 5.74) is 2.10. The van der Waals surface area contributed by atoms with Crippen LogP contribution >= 0.6 is 0 Å². The standard InChI is InChI=1S/C22H28N2O2/c1-5-22(17-10-12-18(13-11-17)26-15-14-16(2)3)23-20-9-7-6-8-19(20)21(25)24(22)4/h6-13,16,23H,5,14-15H2,1-4H3. The number of para-hydroxylation sites is 1. The van der Waals surface area contributed by atoms with Crippen molar-refractivity contribution in [1.82, 2.24) is 4.90 Å². The van der Waals surface area contributed by atoms with Crippen LogP contribution in [0.2, 0.25) is 0 Å². The van der Waals surface area contributed by atoms with Crippen LogP contribution in [0.25, 0.3) is 0 Å². The Kier molecular flexibility index (Phi) is 5.21. The Morgan fingerprint density at radius 3 is 2.46 bits per heavy atom. The van der Waals surface area contributed by atoms with Gasteiger partial charge in [-0.1, -0.05) is 45.0 Å². The van der Waals surface area contributed by atoms with Crippen LogP contribution in [-0.2, 0) is 5.66 Å². The number of rotatable bonds is 6. The van der Waals surface area contributed by atoms with E-state index < -0.39 is 5.66 Å². The van der Waals surface area contributed by atoms with Crippen molar-refractivity contribution in [3.05, 3.63) is 59.7 Å². The molecular formula is C22H28N2O2. The molecule has 0 radical (unpaired) electrons. The highest BCUT2D eigenvalue weighted by Crippen LogP contribution is 2.39. The van der Waals surface area contributed by atoms with E-state index in [2.05, 4.69) is 38.2 Å². The van der Waals surface area contributed by atoms with Crippen LogP contribution in [0, 0.1) is 5.92 Å². The summed E-state index contributed by atoms with van der Waals surface area (Å²) in [5.74, 6) is 1.54. The van der Waals surface area contributed by atoms with Crippen LogP contribution < -0.4 is 10.1 Å². The number of benzene rings is 2. The lowest BCUT2D eigenvalue weighted by molar-refractivity contribution is 0.0572. The van der Waals surface area contributed by atoms with Crippen molar-refractivity contribution in [1.29, 1.82) is 0 Å². The van der Waals surface area contributed by atoms with Gasteiger partial charge in [0.15, 0.2) is 0 Å². The molecule has 1 amide bonds. The second kappa shape index (κ2) is 7.40. The van der Waals surface area contributed by atoms with E-state index in [9.17, 15) is 4.79 Å². The van der Waals surface area contributed by atoms with Crippen LogP contribution in [0.1, 0.15) is 49.5 Å². The van der Waals surface area contributed by atoms with E-state index in [0.29, 0.717) is 11.5 Å². The van der Waals surface area contributed by atoms with Crippen LogP contribution in [-0.4, -0.2) is 24.5 Å². The average molecular weight is 352 g/mol. The quantitative estimate of drug-likeness (QED) is 0.806. The highest BCUT2D eigenvalue weighted by molar-refractivity contribution is 6.02. The van der Waals surface area contributed by atoms with E-state index in [4.69, 9.17) is 4.74 Å². The number of ether oxygens (including phenoxy) is 1. The molecule has 0 saturated carbocycles. The zero-order valence-electron chi connectivity index (χ0n) is 16.1. The molecule has 1 N–H and O–H groups in total. The predicted molar refractivity (Wildman–Crippen MR) is 106 cm³/mol. The molecule has 0 bridgehead atoms. The third kappa shape index (κ3) is 3.28. The lowest BCUT2D eigenvalue weighted by atomic mass is 9.90. The molecule has 1 atom stereocenters. The molecule has 1 aliphatic rings. The number of carbonyl (C=O) groups excluding carboxylic acids is 1. The first-order valence-corrected chi connectivity index (χ1v) is 9.36. The van der Waals surface area contributed by atoms with Crippen molar-refractivity contribution in [2.45, 2.75) is 39.3 Å². The molecule has 0 aliphatic carbocycles. The van der Waals surface area contributed by atoms with Gasteiger partial charge in [-0.25, -0.2) is 0 Å². The minimum absolute atomic E-state index is 0.0402. The SMILES string of the molecule is CCC1(c2ccc(OCCC(C)C)cc2)Nc2ccccc2C(=O)N1C. The van der Waals surface area contributed by atoms with Gasteiger partial charge in [0.25, 0.3) is 5.91 Å². The first kappa shape index (κ1) is 18.3. The Hall–Kier alpha value is -2.49. The van der Waals surface area contributed by atoms with Crippen molar-refractivity contribution < 1.29 is 9.53 Å². The normalized spacial score (nSPS) is 19.3. The van der Waals surface area contributed by atoms with Crippen LogP contribution in [0.3, 0.4) is 0 Å². The number of fused-ring (bicyclic) bond motifs is 1. The molecule has 26 heavy (non-hydrogen) atoms. The van der Waals surface area contributed by atoms with Crippen LogP contribution in [0.4, 0.5) is 5.69 Å². The number of hydrogen-bond acceptors (Lipinski definition) is 3. The third-order valence-corrected chi connectivity index (χ3v) is 5.18. The fraction of sp³-hybridized carbons (Fsp3) is 0.409. The Balaban J connectivity index is 1.87. The molecule has 3 rings (SSSR count). The van der Waals surface area contributed by atoms with Crippen LogP contribution in [0.5, 0.6) is 5.75 Å². The molecule has 4 heteroatoms. The first-order chi connectivity index (χ1) is 12.5. The Labute approximate surface area is 156 Å². The van der Waals surface area contributed by atoms with E-state index in [1.165, 1.54) is 0 Å². The molecule has 2 aromatic rings. The summed E-state index contributed by atoms with van der Waals surface area (Å²) in [7, 11) is 1.86. The van der Waals surface area contributed by atoms with Gasteiger partial charge >= 0.3 is 0 Å². The van der Waals surface area contributed by atoms with E-state index in [1.807, 2.05) is 48.3 Å². The molecule has 1 heterocycles. The highest BCUT2D eigenvalue weighted by atomic mass is 16.5. The van der Waals surface area contributed by atoms with Crippen LogP contribution in [0.15, 0.2) is 48.5 Å². The second-order valence-electron chi connectivity index (χ2n) is 7.30. The number of carbonyl (C=O) groups is 1. The molecule has 0 saturated heterocycles. The fourth-order valence-corrected chi connectivity index (χ4v) is 3.47. The lowest BCUT2D eigenvalue weighted by Crippen LogP contribution is -2.55. The van der Waals surface area contributed by atoms with E-state index in [1.54, 1.807) is 0 Å².